The number of fused-ring (bicyclic) bond motifs is 1. The number of nitrogens with zero attached hydrogens (tertiary/aromatic N) is 5. The normalized spacial score (nSPS) is 23.3. The molecule has 2 unspecified atom stereocenters. The van der Waals surface area contributed by atoms with Gasteiger partial charge in [-0.05, 0) is 37.0 Å². The minimum absolute atomic E-state index is 0.0515. The molecule has 184 valence electrons. The Morgan fingerprint density at radius 1 is 1.06 bits per heavy atom. The van der Waals surface area contributed by atoms with Crippen LogP contribution in [0.1, 0.15) is 25.5 Å². The summed E-state index contributed by atoms with van der Waals surface area (Å²) in [6, 6.07) is 1.01. The highest BCUT2D eigenvalue weighted by Gasteiger charge is 2.45. The highest BCUT2D eigenvalue weighted by Crippen LogP contribution is 2.44. The summed E-state index contributed by atoms with van der Waals surface area (Å²) < 4.78 is 88.2. The lowest BCUT2D eigenvalue weighted by molar-refractivity contribution is 0.118. The van der Waals surface area contributed by atoms with E-state index < -0.39 is 51.5 Å². The third-order valence-corrected chi connectivity index (χ3v) is 6.65. The average Bonchev–Trinajstić information content (AvgIpc) is 3.21. The van der Waals surface area contributed by atoms with Gasteiger partial charge in [-0.25, -0.2) is 31.3 Å². The molecule has 1 aliphatic carbocycles. The van der Waals surface area contributed by atoms with Gasteiger partial charge in [0, 0.05) is 25.2 Å². The fraction of sp³-hybridized carbons (Fsp3) is 0.348. The number of allylic oxidation sites excluding steroid dienone is 4. The number of benzene rings is 1. The van der Waals surface area contributed by atoms with E-state index in [4.69, 9.17) is 11.6 Å². The zero-order chi connectivity index (χ0) is 25.1. The van der Waals surface area contributed by atoms with Crippen LogP contribution < -0.4 is 4.90 Å². The van der Waals surface area contributed by atoms with Gasteiger partial charge in [0.1, 0.15) is 34.2 Å². The molecule has 0 radical (unpaired) electrons. The molecule has 1 aromatic carbocycles. The topological polar surface area (TPSA) is 46.3 Å². The number of anilines is 1. The molecule has 1 fully saturated rings. The van der Waals surface area contributed by atoms with E-state index >= 15 is 4.39 Å². The van der Waals surface area contributed by atoms with Gasteiger partial charge in [-0.3, -0.25) is 0 Å². The van der Waals surface area contributed by atoms with Crippen LogP contribution >= 0.6 is 11.6 Å². The van der Waals surface area contributed by atoms with Crippen molar-refractivity contribution in [1.29, 1.82) is 0 Å². The molecule has 1 saturated heterocycles. The molecule has 5 nitrogen and oxygen atoms in total. The molecule has 0 bridgehead atoms. The number of piperidine rings is 1. The van der Waals surface area contributed by atoms with Crippen LogP contribution in [0.15, 0.2) is 36.2 Å². The summed E-state index contributed by atoms with van der Waals surface area (Å²) in [4.78, 5) is 5.80. The highest BCUT2D eigenvalue weighted by molar-refractivity contribution is 6.33. The molecule has 2 aliphatic rings. The molecule has 0 spiro atoms. The minimum Gasteiger partial charge on any atom is -0.356 e. The Hall–Kier alpha value is -3.08. The van der Waals surface area contributed by atoms with E-state index in [2.05, 4.69) is 22.2 Å². The number of aromatic nitrogens is 4. The Morgan fingerprint density at radius 2 is 1.71 bits per heavy atom. The summed E-state index contributed by atoms with van der Waals surface area (Å²) in [5.74, 6) is -4.10. The predicted octanol–water partition coefficient (Wildman–Crippen LogP) is 6.02. The van der Waals surface area contributed by atoms with Gasteiger partial charge in [-0.2, -0.15) is 4.52 Å². The first-order valence-corrected chi connectivity index (χ1v) is 11.2. The molecule has 2 atom stereocenters. The molecule has 3 aromatic rings. The molecule has 2 aromatic heterocycles. The molecule has 1 aliphatic heterocycles. The number of rotatable bonds is 3. The summed E-state index contributed by atoms with van der Waals surface area (Å²) in [7, 11) is 0. The van der Waals surface area contributed by atoms with Crippen LogP contribution in [-0.4, -0.2) is 39.1 Å². The standard InChI is InChI=1S/C23H18ClF6N5/c1-11-3-6-34(7-4-11)22-18(17-14(27)8-13(26)9-15(17)28)20(24)31-21-19(32-33-35(21)22)23(30)5-2-12(25)10-16(23)29/h2,5,8-11,16H,3-4,6-7H2,1H3. The van der Waals surface area contributed by atoms with Gasteiger partial charge in [0.05, 0.1) is 11.1 Å². The summed E-state index contributed by atoms with van der Waals surface area (Å²) >= 11 is 6.41. The summed E-state index contributed by atoms with van der Waals surface area (Å²) in [6.45, 7) is 2.92. The smallest absolute Gasteiger partial charge is 0.211 e. The van der Waals surface area contributed by atoms with Crippen molar-refractivity contribution in [3.8, 4) is 11.1 Å². The maximum atomic E-state index is 15.7. The van der Waals surface area contributed by atoms with Gasteiger partial charge in [0.25, 0.3) is 0 Å². The second-order valence-electron chi connectivity index (χ2n) is 8.74. The Bertz CT molecular complexity index is 1360. The van der Waals surface area contributed by atoms with Crippen molar-refractivity contribution in [2.24, 2.45) is 5.92 Å². The van der Waals surface area contributed by atoms with Crippen molar-refractivity contribution in [2.45, 2.75) is 31.6 Å². The van der Waals surface area contributed by atoms with Crippen molar-refractivity contribution in [3.63, 3.8) is 0 Å². The maximum absolute atomic E-state index is 15.7. The number of hydrogen-bond acceptors (Lipinski definition) is 4. The molecule has 0 N–H and O–H groups in total. The van der Waals surface area contributed by atoms with E-state index in [1.165, 1.54) is 0 Å². The van der Waals surface area contributed by atoms with E-state index in [1.807, 2.05) is 0 Å². The third-order valence-electron chi connectivity index (χ3n) is 6.38. The van der Waals surface area contributed by atoms with Crippen LogP contribution in [-0.2, 0) is 5.67 Å². The monoisotopic (exact) mass is 513 g/mol. The first-order valence-electron chi connectivity index (χ1n) is 10.8. The summed E-state index contributed by atoms with van der Waals surface area (Å²) in [6.07, 6.45) is 0.902. The van der Waals surface area contributed by atoms with Gasteiger partial charge >= 0.3 is 0 Å². The van der Waals surface area contributed by atoms with Crippen LogP contribution in [0.3, 0.4) is 0 Å². The van der Waals surface area contributed by atoms with E-state index in [-0.39, 0.29) is 17.0 Å². The molecule has 35 heavy (non-hydrogen) atoms. The SMILES string of the molecule is CC1CCN(c2c(-c3c(F)cc(F)cc3F)c(Cl)nc3c(C4(F)C=CC(F)=CC4F)nnn23)CC1. The second-order valence-corrected chi connectivity index (χ2v) is 9.10. The fourth-order valence-electron chi connectivity index (χ4n) is 4.44. The molecule has 0 amide bonds. The Balaban J connectivity index is 1.79. The van der Waals surface area contributed by atoms with E-state index in [9.17, 15) is 22.0 Å². The number of halogens is 7. The summed E-state index contributed by atoms with van der Waals surface area (Å²) in [5.41, 5.74) is -4.66. The lowest BCUT2D eigenvalue weighted by Gasteiger charge is -2.33. The van der Waals surface area contributed by atoms with E-state index in [1.54, 1.807) is 4.90 Å². The minimum atomic E-state index is -2.91. The molecular weight excluding hydrogens is 496 g/mol. The molecule has 3 heterocycles. The van der Waals surface area contributed by atoms with Crippen LogP contribution in [0.4, 0.5) is 32.2 Å². The Labute approximate surface area is 200 Å². The van der Waals surface area contributed by atoms with Crippen LogP contribution in [0.2, 0.25) is 5.15 Å². The zero-order valence-corrected chi connectivity index (χ0v) is 19.0. The van der Waals surface area contributed by atoms with E-state index in [0.29, 0.717) is 43.3 Å². The van der Waals surface area contributed by atoms with E-state index in [0.717, 1.165) is 23.4 Å². The molecule has 0 saturated carbocycles. The molecular formula is C23H18ClF6N5. The number of hydrogen-bond donors (Lipinski definition) is 0. The van der Waals surface area contributed by atoms with Gasteiger partial charge < -0.3 is 4.90 Å². The Morgan fingerprint density at radius 3 is 2.34 bits per heavy atom. The fourth-order valence-corrected chi connectivity index (χ4v) is 4.70. The predicted molar refractivity (Wildman–Crippen MR) is 118 cm³/mol. The van der Waals surface area contributed by atoms with Crippen molar-refractivity contribution in [2.75, 3.05) is 18.0 Å². The van der Waals surface area contributed by atoms with Crippen LogP contribution in [0.5, 0.6) is 0 Å². The lowest BCUT2D eigenvalue weighted by Crippen LogP contribution is -2.35. The first kappa shape index (κ1) is 23.7. The van der Waals surface area contributed by atoms with Crippen molar-refractivity contribution in [3.05, 3.63) is 64.5 Å². The average molecular weight is 514 g/mol. The second kappa shape index (κ2) is 8.54. The largest absolute Gasteiger partial charge is 0.356 e. The third kappa shape index (κ3) is 3.85. The van der Waals surface area contributed by atoms with Gasteiger partial charge in [0.15, 0.2) is 17.5 Å². The summed E-state index contributed by atoms with van der Waals surface area (Å²) in [5, 5.41) is 7.25. The lowest BCUT2D eigenvalue weighted by atomic mass is 9.91. The molecule has 12 heteroatoms. The first-order chi connectivity index (χ1) is 16.6. The number of alkyl halides is 2. The van der Waals surface area contributed by atoms with Gasteiger partial charge in [-0.15, -0.1) is 5.10 Å². The van der Waals surface area contributed by atoms with Crippen molar-refractivity contribution in [1.82, 2.24) is 19.8 Å². The Kier molecular flexibility index (Phi) is 5.77. The van der Waals surface area contributed by atoms with Crippen LogP contribution in [0.25, 0.3) is 16.8 Å². The van der Waals surface area contributed by atoms with Gasteiger partial charge in [0.2, 0.25) is 5.67 Å². The van der Waals surface area contributed by atoms with Gasteiger partial charge in [-0.1, -0.05) is 23.7 Å². The maximum Gasteiger partial charge on any atom is 0.211 e. The van der Waals surface area contributed by atoms with Crippen molar-refractivity contribution >= 4 is 23.1 Å². The van der Waals surface area contributed by atoms with Crippen LogP contribution in [0, 0.1) is 23.4 Å². The highest BCUT2D eigenvalue weighted by atomic mass is 35.5. The zero-order valence-electron chi connectivity index (χ0n) is 18.3. The van der Waals surface area contributed by atoms with Crippen molar-refractivity contribution < 1.29 is 26.3 Å². The molecule has 5 rings (SSSR count). The quantitative estimate of drug-likeness (QED) is 0.317.